The summed E-state index contributed by atoms with van der Waals surface area (Å²) in [6.45, 7) is 4.47. The van der Waals surface area contributed by atoms with Crippen LogP contribution in [0.1, 0.15) is 25.0 Å². The summed E-state index contributed by atoms with van der Waals surface area (Å²) in [5, 5.41) is 13.6. The van der Waals surface area contributed by atoms with Crippen LogP contribution in [-0.2, 0) is 12.8 Å². The minimum atomic E-state index is 1.06. The van der Waals surface area contributed by atoms with Crippen molar-refractivity contribution in [2.45, 2.75) is 26.7 Å². The fourth-order valence-electron chi connectivity index (χ4n) is 5.32. The van der Waals surface area contributed by atoms with Crippen molar-refractivity contribution in [3.8, 4) is 0 Å². The fourth-order valence-corrected chi connectivity index (χ4v) is 5.32. The summed E-state index contributed by atoms with van der Waals surface area (Å²) in [5.41, 5.74) is 2.84. The van der Waals surface area contributed by atoms with E-state index in [1.807, 2.05) is 0 Å². The molecule has 0 nitrogen and oxygen atoms in total. The normalized spacial score (nSPS) is 11.9. The van der Waals surface area contributed by atoms with Gasteiger partial charge in [0.05, 0.1) is 0 Å². The molecule has 0 aliphatic rings. The van der Waals surface area contributed by atoms with Gasteiger partial charge < -0.3 is 0 Å². The molecule has 0 fully saturated rings. The zero-order valence-corrected chi connectivity index (χ0v) is 17.5. The first-order chi connectivity index (χ1) is 14.8. The molecule has 0 atom stereocenters. The predicted octanol–water partition coefficient (Wildman–Crippen LogP) is 8.58. The lowest BCUT2D eigenvalue weighted by molar-refractivity contribution is 1.16. The first-order valence-electron chi connectivity index (χ1n) is 11.0. The van der Waals surface area contributed by atoms with Crippen molar-refractivity contribution in [3.63, 3.8) is 0 Å². The van der Waals surface area contributed by atoms with Crippen molar-refractivity contribution in [3.05, 3.63) is 96.1 Å². The molecule has 0 N–H and O–H groups in total. The van der Waals surface area contributed by atoms with Gasteiger partial charge >= 0.3 is 0 Å². The zero-order chi connectivity index (χ0) is 20.2. The molecule has 0 saturated heterocycles. The number of benzene rings is 6. The van der Waals surface area contributed by atoms with Gasteiger partial charge in [-0.15, -0.1) is 0 Å². The van der Waals surface area contributed by atoms with Gasteiger partial charge in [0.15, 0.2) is 0 Å². The third-order valence-electron chi connectivity index (χ3n) is 6.85. The van der Waals surface area contributed by atoms with E-state index in [9.17, 15) is 0 Å². The Morgan fingerprint density at radius 3 is 0.900 bits per heavy atom. The van der Waals surface area contributed by atoms with Gasteiger partial charge in [-0.1, -0.05) is 98.8 Å². The van der Waals surface area contributed by atoms with Crippen LogP contribution in [0.2, 0.25) is 0 Å². The number of hydrogen-bond acceptors (Lipinski definition) is 0. The van der Waals surface area contributed by atoms with Crippen LogP contribution in [0.25, 0.3) is 53.9 Å². The Labute approximate surface area is 176 Å². The summed E-state index contributed by atoms with van der Waals surface area (Å²) in [4.78, 5) is 0. The smallest absolute Gasteiger partial charge is 0.00987 e. The van der Waals surface area contributed by atoms with E-state index in [2.05, 4.69) is 98.8 Å². The average molecular weight is 385 g/mol. The molecule has 144 valence electrons. The maximum Gasteiger partial charge on any atom is -0.00987 e. The topological polar surface area (TPSA) is 0 Å². The second kappa shape index (κ2) is 6.57. The van der Waals surface area contributed by atoms with Crippen LogP contribution < -0.4 is 0 Å². The molecule has 0 unspecified atom stereocenters. The van der Waals surface area contributed by atoms with E-state index in [-0.39, 0.29) is 0 Å². The van der Waals surface area contributed by atoms with Crippen LogP contribution in [0.15, 0.2) is 84.9 Å². The second-order valence-corrected chi connectivity index (χ2v) is 8.28. The van der Waals surface area contributed by atoms with Crippen molar-refractivity contribution >= 4 is 53.9 Å². The summed E-state index contributed by atoms with van der Waals surface area (Å²) >= 11 is 0. The first-order valence-corrected chi connectivity index (χ1v) is 11.0. The van der Waals surface area contributed by atoms with Crippen LogP contribution >= 0.6 is 0 Å². The van der Waals surface area contributed by atoms with Gasteiger partial charge in [-0.3, -0.25) is 0 Å². The van der Waals surface area contributed by atoms with Gasteiger partial charge in [-0.05, 0) is 77.8 Å². The lowest BCUT2D eigenvalue weighted by atomic mass is 9.91. The Bertz CT molecular complexity index is 1480. The molecule has 0 heterocycles. The molecule has 0 saturated carbocycles. The fraction of sp³-hybridized carbons (Fsp3) is 0.133. The number of aryl methyl sites for hydroxylation is 2. The predicted molar refractivity (Wildman–Crippen MR) is 133 cm³/mol. The first kappa shape index (κ1) is 17.5. The van der Waals surface area contributed by atoms with Gasteiger partial charge in [0, 0.05) is 0 Å². The minimum absolute atomic E-state index is 1.06. The van der Waals surface area contributed by atoms with Crippen LogP contribution in [0, 0.1) is 0 Å². The zero-order valence-electron chi connectivity index (χ0n) is 17.5. The van der Waals surface area contributed by atoms with Gasteiger partial charge in [0.25, 0.3) is 0 Å². The van der Waals surface area contributed by atoms with Crippen LogP contribution in [0.4, 0.5) is 0 Å². The second-order valence-electron chi connectivity index (χ2n) is 8.28. The third kappa shape index (κ3) is 2.34. The van der Waals surface area contributed by atoms with E-state index in [1.54, 1.807) is 0 Å². The number of fused-ring (bicyclic) bond motifs is 9. The van der Waals surface area contributed by atoms with E-state index >= 15 is 0 Å². The highest BCUT2D eigenvalue weighted by atomic mass is 14.1. The van der Waals surface area contributed by atoms with Crippen molar-refractivity contribution in [1.29, 1.82) is 0 Å². The third-order valence-corrected chi connectivity index (χ3v) is 6.85. The Kier molecular flexibility index (Phi) is 3.83. The highest BCUT2D eigenvalue weighted by molar-refractivity contribution is 6.25. The molecule has 0 bridgehead atoms. The highest BCUT2D eigenvalue weighted by Gasteiger charge is 2.10. The Hall–Kier alpha value is -3.38. The van der Waals surface area contributed by atoms with Crippen LogP contribution in [-0.4, -0.2) is 0 Å². The molecular formula is C30H24. The van der Waals surface area contributed by atoms with Gasteiger partial charge in [-0.25, -0.2) is 0 Å². The average Bonchev–Trinajstić information content (AvgIpc) is 2.82. The molecule has 0 heteroatoms. The molecule has 6 aromatic rings. The van der Waals surface area contributed by atoms with E-state index in [0.29, 0.717) is 0 Å². The van der Waals surface area contributed by atoms with E-state index in [1.165, 1.54) is 65.0 Å². The SMILES string of the molecule is CCc1cccc2c1ccc1c2ccc2c3ccc4c(CC)cccc4c3ccc12. The monoisotopic (exact) mass is 384 g/mol. The molecule has 0 aliphatic carbocycles. The molecule has 0 aromatic heterocycles. The molecule has 0 aliphatic heterocycles. The summed E-state index contributed by atoms with van der Waals surface area (Å²) < 4.78 is 0. The molecular weight excluding hydrogens is 360 g/mol. The largest absolute Gasteiger partial charge is 0.0613 e. The quantitative estimate of drug-likeness (QED) is 0.262. The molecule has 0 spiro atoms. The number of hydrogen-bond donors (Lipinski definition) is 0. The Morgan fingerprint density at radius 2 is 0.600 bits per heavy atom. The molecule has 30 heavy (non-hydrogen) atoms. The summed E-state index contributed by atoms with van der Waals surface area (Å²) in [6.07, 6.45) is 2.13. The highest BCUT2D eigenvalue weighted by Crippen LogP contribution is 2.37. The lowest BCUT2D eigenvalue weighted by Crippen LogP contribution is -1.88. The molecule has 0 amide bonds. The van der Waals surface area contributed by atoms with Gasteiger partial charge in [0.2, 0.25) is 0 Å². The Balaban J connectivity index is 1.74. The molecule has 0 radical (unpaired) electrons. The van der Waals surface area contributed by atoms with Gasteiger partial charge in [0.1, 0.15) is 0 Å². The maximum absolute atomic E-state index is 2.33. The summed E-state index contributed by atoms with van der Waals surface area (Å²) in [6, 6.07) is 32.0. The van der Waals surface area contributed by atoms with Crippen molar-refractivity contribution in [1.82, 2.24) is 0 Å². The standard InChI is InChI=1S/C30H24/c1-3-19-7-5-9-23-21(19)11-13-27-25(23)15-17-30-28-14-12-22-20(4-2)8-6-10-24(22)26(28)16-18-29(27)30/h5-18H,3-4H2,1-2H3. The van der Waals surface area contributed by atoms with Crippen molar-refractivity contribution < 1.29 is 0 Å². The van der Waals surface area contributed by atoms with Gasteiger partial charge in [-0.2, -0.15) is 0 Å². The molecule has 6 aromatic carbocycles. The molecule has 6 rings (SSSR count). The van der Waals surface area contributed by atoms with Crippen LogP contribution in [0.3, 0.4) is 0 Å². The van der Waals surface area contributed by atoms with Crippen molar-refractivity contribution in [2.75, 3.05) is 0 Å². The lowest BCUT2D eigenvalue weighted by Gasteiger charge is -2.13. The Morgan fingerprint density at radius 1 is 0.333 bits per heavy atom. The number of rotatable bonds is 2. The van der Waals surface area contributed by atoms with Crippen molar-refractivity contribution in [2.24, 2.45) is 0 Å². The van der Waals surface area contributed by atoms with E-state index in [0.717, 1.165) is 12.8 Å². The maximum atomic E-state index is 2.33. The van der Waals surface area contributed by atoms with E-state index in [4.69, 9.17) is 0 Å². The van der Waals surface area contributed by atoms with Crippen LogP contribution in [0.5, 0.6) is 0 Å². The minimum Gasteiger partial charge on any atom is -0.0613 e. The summed E-state index contributed by atoms with van der Waals surface area (Å²) in [5.74, 6) is 0. The van der Waals surface area contributed by atoms with E-state index < -0.39 is 0 Å². The summed E-state index contributed by atoms with van der Waals surface area (Å²) in [7, 11) is 0.